The average molecular weight is 388 g/mol. The lowest BCUT2D eigenvalue weighted by molar-refractivity contribution is 0.0687. The van der Waals surface area contributed by atoms with Crippen LogP contribution in [0.2, 0.25) is 0 Å². The monoisotopic (exact) mass is 388 g/mol. The van der Waals surface area contributed by atoms with Crippen molar-refractivity contribution in [2.24, 2.45) is 0 Å². The summed E-state index contributed by atoms with van der Waals surface area (Å²) in [4.78, 5) is 10.9. The molecular formula is C23H20N2O4. The van der Waals surface area contributed by atoms with Crippen molar-refractivity contribution < 1.29 is 19.4 Å². The number of aromatic nitrogens is 2. The maximum atomic E-state index is 10.9. The van der Waals surface area contributed by atoms with E-state index in [0.717, 1.165) is 22.8 Å². The quantitative estimate of drug-likeness (QED) is 0.632. The molecule has 0 atom stereocenters. The Morgan fingerprint density at radius 1 is 1.07 bits per heavy atom. The molecule has 1 spiro atoms. The molecule has 0 amide bonds. The molecule has 1 saturated carbocycles. The minimum absolute atomic E-state index is 0.0319. The fourth-order valence-corrected chi connectivity index (χ4v) is 4.16. The van der Waals surface area contributed by atoms with E-state index in [0.29, 0.717) is 11.0 Å². The first-order chi connectivity index (χ1) is 14.2. The Kier molecular flexibility index (Phi) is 4.12. The van der Waals surface area contributed by atoms with E-state index in [1.165, 1.54) is 24.8 Å². The summed E-state index contributed by atoms with van der Waals surface area (Å²) in [5.41, 5.74) is 3.93. The fourth-order valence-electron chi connectivity index (χ4n) is 4.16. The first-order valence-corrected chi connectivity index (χ1v) is 9.64. The molecule has 3 aromatic rings. The molecule has 0 saturated heterocycles. The summed E-state index contributed by atoms with van der Waals surface area (Å²) < 4.78 is 10.9. The highest BCUT2D eigenvalue weighted by Gasteiger charge is 2.39. The Morgan fingerprint density at radius 3 is 2.59 bits per heavy atom. The third kappa shape index (κ3) is 2.88. The van der Waals surface area contributed by atoms with Crippen LogP contribution in [0.15, 0.2) is 60.9 Å². The van der Waals surface area contributed by atoms with E-state index in [-0.39, 0.29) is 12.3 Å². The van der Waals surface area contributed by atoms with E-state index >= 15 is 0 Å². The van der Waals surface area contributed by atoms with E-state index in [1.807, 2.05) is 36.6 Å². The van der Waals surface area contributed by atoms with Gasteiger partial charge in [-0.2, -0.15) is 5.10 Å². The molecular weight excluding hydrogens is 368 g/mol. The minimum atomic E-state index is -1.04. The second-order valence-electron chi connectivity index (χ2n) is 7.44. The van der Waals surface area contributed by atoms with Crippen LogP contribution in [0.4, 0.5) is 0 Å². The summed E-state index contributed by atoms with van der Waals surface area (Å²) in [6.45, 7) is 0.241. The summed E-state index contributed by atoms with van der Waals surface area (Å²) in [5.74, 6) is 0.751. The highest BCUT2D eigenvalue weighted by Crippen LogP contribution is 2.49. The van der Waals surface area contributed by atoms with Crippen molar-refractivity contribution in [3.63, 3.8) is 0 Å². The molecule has 146 valence electrons. The van der Waals surface area contributed by atoms with Crippen LogP contribution in [0.3, 0.4) is 0 Å². The number of nitrogens with zero attached hydrogens (tertiary/aromatic N) is 1. The van der Waals surface area contributed by atoms with Crippen LogP contribution in [-0.2, 0) is 12.0 Å². The number of benzene rings is 2. The first-order valence-electron chi connectivity index (χ1n) is 9.64. The van der Waals surface area contributed by atoms with Gasteiger partial charge >= 0.3 is 5.97 Å². The van der Waals surface area contributed by atoms with Crippen LogP contribution in [0.1, 0.15) is 40.9 Å². The van der Waals surface area contributed by atoms with Gasteiger partial charge in [0.05, 0.1) is 17.5 Å². The average Bonchev–Trinajstić information content (AvgIpc) is 3.18. The number of aromatic amines is 1. The SMILES string of the molecule is C1=CC2(CCC2)c2ccccc2O1.O=C(O)c1n[nH]c2c1COc1ccccc1-2. The number of carbonyl (C=O) groups is 1. The molecule has 6 rings (SSSR count). The zero-order chi connectivity index (χ0) is 19.8. The Labute approximate surface area is 167 Å². The van der Waals surface area contributed by atoms with E-state index in [9.17, 15) is 4.79 Å². The standard InChI is InChI=1S/C12H12O.C11H8N2O3/c1-2-5-11-10(4-1)12(6-3-7-12)8-9-13-11;14-11(15)10-7-5-16-8-4-2-1-3-6(8)9(7)12-13-10/h1-2,4-5,8-9H,3,6-7H2;1-4H,5H2,(H,12,13)(H,14,15). The predicted molar refractivity (Wildman–Crippen MR) is 107 cm³/mol. The lowest BCUT2D eigenvalue weighted by Gasteiger charge is -2.42. The van der Waals surface area contributed by atoms with Crippen molar-refractivity contribution in [2.75, 3.05) is 0 Å². The topological polar surface area (TPSA) is 84.4 Å². The number of rotatable bonds is 1. The number of para-hydroxylation sites is 2. The van der Waals surface area contributed by atoms with Gasteiger partial charge in [-0.05, 0) is 37.1 Å². The van der Waals surface area contributed by atoms with Gasteiger partial charge < -0.3 is 14.6 Å². The van der Waals surface area contributed by atoms with E-state index in [4.69, 9.17) is 14.6 Å². The zero-order valence-corrected chi connectivity index (χ0v) is 15.7. The highest BCUT2D eigenvalue weighted by molar-refractivity contribution is 5.90. The number of carboxylic acid groups (broad SMARTS) is 1. The third-order valence-electron chi connectivity index (χ3n) is 5.85. The van der Waals surface area contributed by atoms with Crippen LogP contribution >= 0.6 is 0 Å². The number of hydrogen-bond acceptors (Lipinski definition) is 4. The van der Waals surface area contributed by atoms with E-state index in [2.05, 4.69) is 34.5 Å². The molecule has 6 nitrogen and oxygen atoms in total. The van der Waals surface area contributed by atoms with Gasteiger partial charge in [0, 0.05) is 16.5 Å². The Bertz CT molecular complexity index is 1110. The first kappa shape index (κ1) is 17.6. The highest BCUT2D eigenvalue weighted by atomic mass is 16.5. The fraction of sp³-hybridized carbons (Fsp3) is 0.217. The molecule has 0 radical (unpaired) electrons. The van der Waals surface area contributed by atoms with Crippen molar-refractivity contribution in [1.29, 1.82) is 0 Å². The molecule has 29 heavy (non-hydrogen) atoms. The Morgan fingerprint density at radius 2 is 1.83 bits per heavy atom. The van der Waals surface area contributed by atoms with Crippen LogP contribution in [0, 0.1) is 0 Å². The van der Waals surface area contributed by atoms with Crippen LogP contribution in [0.5, 0.6) is 11.5 Å². The number of ether oxygens (including phenoxy) is 2. The summed E-state index contributed by atoms with van der Waals surface area (Å²) in [5, 5.41) is 15.5. The number of hydrogen-bond donors (Lipinski definition) is 2. The van der Waals surface area contributed by atoms with Crippen molar-refractivity contribution in [3.05, 3.63) is 77.7 Å². The van der Waals surface area contributed by atoms with Crippen molar-refractivity contribution in [1.82, 2.24) is 10.2 Å². The zero-order valence-electron chi connectivity index (χ0n) is 15.7. The molecule has 1 aromatic heterocycles. The van der Waals surface area contributed by atoms with Gasteiger partial charge in [-0.15, -0.1) is 0 Å². The smallest absolute Gasteiger partial charge is 0.356 e. The lowest BCUT2D eigenvalue weighted by atomic mass is 9.64. The summed E-state index contributed by atoms with van der Waals surface area (Å²) in [6, 6.07) is 15.8. The Hall–Kier alpha value is -3.54. The third-order valence-corrected chi connectivity index (χ3v) is 5.85. The molecule has 6 heteroatoms. The minimum Gasteiger partial charge on any atom is -0.488 e. The molecule has 2 N–H and O–H groups in total. The van der Waals surface area contributed by atoms with Gasteiger partial charge in [-0.1, -0.05) is 36.8 Å². The molecule has 1 aliphatic carbocycles. The van der Waals surface area contributed by atoms with Gasteiger partial charge in [-0.25, -0.2) is 4.79 Å². The number of nitrogens with one attached hydrogen (secondary N) is 1. The van der Waals surface area contributed by atoms with Crippen molar-refractivity contribution in [2.45, 2.75) is 31.3 Å². The van der Waals surface area contributed by atoms with Gasteiger partial charge in [0.1, 0.15) is 18.1 Å². The largest absolute Gasteiger partial charge is 0.488 e. The Balaban J connectivity index is 0.000000128. The molecule has 2 aliphatic heterocycles. The van der Waals surface area contributed by atoms with Gasteiger partial charge in [0.25, 0.3) is 0 Å². The van der Waals surface area contributed by atoms with Crippen molar-refractivity contribution >= 4 is 5.97 Å². The van der Waals surface area contributed by atoms with Crippen LogP contribution in [-0.4, -0.2) is 21.3 Å². The second-order valence-corrected chi connectivity index (χ2v) is 7.44. The van der Waals surface area contributed by atoms with Gasteiger partial charge in [0.2, 0.25) is 0 Å². The lowest BCUT2D eigenvalue weighted by Crippen LogP contribution is -2.34. The molecule has 1 fully saturated rings. The number of H-pyrrole nitrogens is 1. The van der Waals surface area contributed by atoms with E-state index < -0.39 is 5.97 Å². The van der Waals surface area contributed by atoms with Crippen LogP contribution in [0.25, 0.3) is 11.3 Å². The predicted octanol–water partition coefficient (Wildman–Crippen LogP) is 4.68. The summed E-state index contributed by atoms with van der Waals surface area (Å²) in [6.07, 6.45) is 7.98. The van der Waals surface area contributed by atoms with Gasteiger partial charge in [-0.3, -0.25) is 5.10 Å². The summed E-state index contributed by atoms with van der Waals surface area (Å²) in [7, 11) is 0. The number of carboxylic acids is 1. The van der Waals surface area contributed by atoms with Gasteiger partial charge in [0.15, 0.2) is 5.69 Å². The van der Waals surface area contributed by atoms with Crippen molar-refractivity contribution in [3.8, 4) is 22.8 Å². The number of allylic oxidation sites excluding steroid dienone is 1. The molecule has 0 unspecified atom stereocenters. The van der Waals surface area contributed by atoms with Crippen LogP contribution < -0.4 is 9.47 Å². The summed E-state index contributed by atoms with van der Waals surface area (Å²) >= 11 is 0. The molecule has 0 bridgehead atoms. The number of fused-ring (bicyclic) bond motifs is 5. The molecule has 3 heterocycles. The molecule has 2 aromatic carbocycles. The molecule has 3 aliphatic rings. The normalized spacial score (nSPS) is 16.7. The maximum absolute atomic E-state index is 10.9. The maximum Gasteiger partial charge on any atom is 0.356 e. The number of aromatic carboxylic acids is 1. The second kappa shape index (κ2) is 6.81. The van der Waals surface area contributed by atoms with E-state index in [1.54, 1.807) is 0 Å².